The van der Waals surface area contributed by atoms with Crippen LogP contribution in [0.5, 0.6) is 0 Å². The molecule has 1 aliphatic heterocycles. The average Bonchev–Trinajstić information content (AvgIpc) is 2.75. The first-order chi connectivity index (χ1) is 14.3. The minimum atomic E-state index is -3.85. The van der Waals surface area contributed by atoms with E-state index in [2.05, 4.69) is 5.32 Å². The molecule has 2 aromatic rings. The van der Waals surface area contributed by atoms with E-state index in [0.29, 0.717) is 6.54 Å². The smallest absolute Gasteiger partial charge is 0.317 e. The fraction of sp³-hybridized carbons (Fsp3) is 0.350. The van der Waals surface area contributed by atoms with E-state index in [4.69, 9.17) is 0 Å². The Labute approximate surface area is 175 Å². The average molecular weight is 433 g/mol. The molecule has 0 radical (unpaired) electrons. The molecule has 160 valence electrons. The van der Waals surface area contributed by atoms with Crippen LogP contribution in [0.25, 0.3) is 0 Å². The SMILES string of the molecule is Cc1ccccc1CCNC(=O)N1CCN(S(=O)(=O)c2cccc([N+](=O)[O-])c2)CC1. The number of hydrogen-bond acceptors (Lipinski definition) is 5. The summed E-state index contributed by atoms with van der Waals surface area (Å²) < 4.78 is 26.8. The largest absolute Gasteiger partial charge is 0.338 e. The van der Waals surface area contributed by atoms with E-state index in [0.717, 1.165) is 12.5 Å². The first-order valence-corrected chi connectivity index (χ1v) is 11.0. The molecule has 0 bridgehead atoms. The first-order valence-electron chi connectivity index (χ1n) is 9.61. The summed E-state index contributed by atoms with van der Waals surface area (Å²) in [5.74, 6) is 0. The highest BCUT2D eigenvalue weighted by molar-refractivity contribution is 7.89. The quantitative estimate of drug-likeness (QED) is 0.555. The van der Waals surface area contributed by atoms with E-state index < -0.39 is 14.9 Å². The van der Waals surface area contributed by atoms with E-state index in [1.807, 2.05) is 31.2 Å². The number of urea groups is 1. The molecule has 2 amide bonds. The molecule has 10 heteroatoms. The fourth-order valence-electron chi connectivity index (χ4n) is 3.34. The molecule has 0 aromatic heterocycles. The molecule has 0 atom stereocenters. The van der Waals surface area contributed by atoms with Gasteiger partial charge in [0.25, 0.3) is 5.69 Å². The highest BCUT2D eigenvalue weighted by Gasteiger charge is 2.30. The van der Waals surface area contributed by atoms with E-state index in [1.54, 1.807) is 4.90 Å². The van der Waals surface area contributed by atoms with Crippen LogP contribution in [0.3, 0.4) is 0 Å². The van der Waals surface area contributed by atoms with Gasteiger partial charge in [-0.1, -0.05) is 30.3 Å². The molecular weight excluding hydrogens is 408 g/mol. The zero-order valence-corrected chi connectivity index (χ0v) is 17.5. The lowest BCUT2D eigenvalue weighted by atomic mass is 10.1. The number of piperazine rings is 1. The molecule has 1 heterocycles. The van der Waals surface area contributed by atoms with Gasteiger partial charge in [0, 0.05) is 44.9 Å². The number of sulfonamides is 1. The van der Waals surface area contributed by atoms with E-state index >= 15 is 0 Å². The third-order valence-corrected chi connectivity index (χ3v) is 7.02. The maximum atomic E-state index is 12.8. The lowest BCUT2D eigenvalue weighted by molar-refractivity contribution is -0.385. The van der Waals surface area contributed by atoms with Crippen LogP contribution in [-0.4, -0.2) is 61.3 Å². The number of benzene rings is 2. The zero-order chi connectivity index (χ0) is 21.7. The van der Waals surface area contributed by atoms with Gasteiger partial charge in [-0.15, -0.1) is 0 Å². The molecule has 0 aliphatic carbocycles. The second kappa shape index (κ2) is 9.23. The van der Waals surface area contributed by atoms with Gasteiger partial charge in [-0.25, -0.2) is 13.2 Å². The summed E-state index contributed by atoms with van der Waals surface area (Å²) in [4.78, 5) is 24.1. The summed E-state index contributed by atoms with van der Waals surface area (Å²) in [6.07, 6.45) is 0.722. The molecule has 1 saturated heterocycles. The third-order valence-electron chi connectivity index (χ3n) is 5.12. The van der Waals surface area contributed by atoms with Crippen LogP contribution in [0.2, 0.25) is 0 Å². The number of rotatable bonds is 6. The van der Waals surface area contributed by atoms with Gasteiger partial charge in [-0.3, -0.25) is 10.1 Å². The number of amides is 2. The maximum Gasteiger partial charge on any atom is 0.317 e. The minimum absolute atomic E-state index is 0.118. The predicted octanol–water partition coefficient (Wildman–Crippen LogP) is 2.16. The second-order valence-corrected chi connectivity index (χ2v) is 8.99. The number of non-ortho nitro benzene ring substituents is 1. The Morgan fingerprint density at radius 3 is 2.47 bits per heavy atom. The van der Waals surface area contributed by atoms with E-state index in [9.17, 15) is 23.3 Å². The Morgan fingerprint density at radius 2 is 1.80 bits per heavy atom. The summed E-state index contributed by atoms with van der Waals surface area (Å²) in [6, 6.07) is 12.8. The van der Waals surface area contributed by atoms with Gasteiger partial charge in [-0.2, -0.15) is 4.31 Å². The Bertz CT molecular complexity index is 1030. The number of nitro groups is 1. The summed E-state index contributed by atoms with van der Waals surface area (Å²) in [6.45, 7) is 3.30. The summed E-state index contributed by atoms with van der Waals surface area (Å²) in [5.41, 5.74) is 2.07. The highest BCUT2D eigenvalue weighted by atomic mass is 32.2. The number of nitrogens with zero attached hydrogens (tertiary/aromatic N) is 3. The summed E-state index contributed by atoms with van der Waals surface area (Å²) in [7, 11) is -3.85. The van der Waals surface area contributed by atoms with Crippen LogP contribution >= 0.6 is 0 Å². The topological polar surface area (TPSA) is 113 Å². The minimum Gasteiger partial charge on any atom is -0.338 e. The Balaban J connectivity index is 1.53. The van der Waals surface area contributed by atoms with Crippen molar-refractivity contribution in [3.05, 3.63) is 69.8 Å². The first kappa shape index (κ1) is 21.7. The van der Waals surface area contributed by atoms with Crippen molar-refractivity contribution >= 4 is 21.7 Å². The molecule has 2 aromatic carbocycles. The van der Waals surface area contributed by atoms with Crippen molar-refractivity contribution in [2.75, 3.05) is 32.7 Å². The Morgan fingerprint density at radius 1 is 1.10 bits per heavy atom. The molecule has 1 N–H and O–H groups in total. The third kappa shape index (κ3) is 4.95. The lowest BCUT2D eigenvalue weighted by Crippen LogP contribution is -2.53. The van der Waals surface area contributed by atoms with Gasteiger partial charge >= 0.3 is 6.03 Å². The van der Waals surface area contributed by atoms with Gasteiger partial charge in [0.2, 0.25) is 10.0 Å². The second-order valence-electron chi connectivity index (χ2n) is 7.05. The van der Waals surface area contributed by atoms with Gasteiger partial charge < -0.3 is 10.2 Å². The Kier molecular flexibility index (Phi) is 6.68. The van der Waals surface area contributed by atoms with Crippen molar-refractivity contribution in [1.82, 2.24) is 14.5 Å². The maximum absolute atomic E-state index is 12.8. The molecule has 0 unspecified atom stereocenters. The number of hydrogen-bond donors (Lipinski definition) is 1. The van der Waals surface area contributed by atoms with Crippen molar-refractivity contribution in [3.63, 3.8) is 0 Å². The van der Waals surface area contributed by atoms with Crippen LogP contribution < -0.4 is 5.32 Å². The standard InChI is InChI=1S/C20H24N4O5S/c1-16-5-2-3-6-17(16)9-10-21-20(25)22-11-13-23(14-12-22)30(28,29)19-8-4-7-18(15-19)24(26)27/h2-8,15H,9-14H2,1H3,(H,21,25). The molecule has 1 aliphatic rings. The van der Waals surface area contributed by atoms with Gasteiger partial charge in [0.15, 0.2) is 0 Å². The molecule has 0 spiro atoms. The molecule has 9 nitrogen and oxygen atoms in total. The van der Waals surface area contributed by atoms with Crippen molar-refractivity contribution in [2.45, 2.75) is 18.2 Å². The van der Waals surface area contributed by atoms with Gasteiger partial charge in [0.05, 0.1) is 9.82 Å². The number of carbonyl (C=O) groups excluding carboxylic acids is 1. The van der Waals surface area contributed by atoms with Crippen molar-refractivity contribution in [3.8, 4) is 0 Å². The number of nitro benzene ring substituents is 1. The van der Waals surface area contributed by atoms with Crippen LogP contribution in [0, 0.1) is 17.0 Å². The summed E-state index contributed by atoms with van der Waals surface area (Å²) in [5, 5.41) is 13.8. The molecule has 3 rings (SSSR count). The van der Waals surface area contributed by atoms with Crippen LogP contribution in [0.15, 0.2) is 53.4 Å². The number of carbonyl (C=O) groups is 1. The highest BCUT2D eigenvalue weighted by Crippen LogP contribution is 2.22. The van der Waals surface area contributed by atoms with Crippen molar-refractivity contribution in [2.24, 2.45) is 0 Å². The number of nitrogens with one attached hydrogen (secondary N) is 1. The van der Waals surface area contributed by atoms with Crippen molar-refractivity contribution < 1.29 is 18.1 Å². The monoisotopic (exact) mass is 432 g/mol. The lowest BCUT2D eigenvalue weighted by Gasteiger charge is -2.34. The van der Waals surface area contributed by atoms with E-state index in [-0.39, 0.29) is 42.8 Å². The fourth-order valence-corrected chi connectivity index (χ4v) is 4.81. The van der Waals surface area contributed by atoms with Gasteiger partial charge in [0.1, 0.15) is 0 Å². The number of aryl methyl sites for hydroxylation is 1. The van der Waals surface area contributed by atoms with Crippen LogP contribution in [0.1, 0.15) is 11.1 Å². The van der Waals surface area contributed by atoms with Crippen LogP contribution in [-0.2, 0) is 16.4 Å². The van der Waals surface area contributed by atoms with Crippen LogP contribution in [0.4, 0.5) is 10.5 Å². The Hall–Kier alpha value is -2.98. The molecule has 30 heavy (non-hydrogen) atoms. The molecule has 0 saturated carbocycles. The van der Waals surface area contributed by atoms with E-state index in [1.165, 1.54) is 33.6 Å². The molecule has 1 fully saturated rings. The normalized spacial score (nSPS) is 15.0. The zero-order valence-electron chi connectivity index (χ0n) is 16.7. The summed E-state index contributed by atoms with van der Waals surface area (Å²) >= 11 is 0. The molecular formula is C20H24N4O5S. The predicted molar refractivity (Wildman–Crippen MR) is 112 cm³/mol. The van der Waals surface area contributed by atoms with Crippen molar-refractivity contribution in [1.29, 1.82) is 0 Å². The van der Waals surface area contributed by atoms with Gasteiger partial charge in [-0.05, 0) is 30.5 Å².